The lowest BCUT2D eigenvalue weighted by atomic mass is 9.97. The molecule has 0 spiro atoms. The zero-order valence-corrected chi connectivity index (χ0v) is 16.6. The fraction of sp³-hybridized carbons (Fsp3) is 0.217. The zero-order chi connectivity index (χ0) is 21.4. The molecule has 1 aliphatic rings. The van der Waals surface area contributed by atoms with Crippen LogP contribution in [0.4, 0.5) is 4.39 Å². The number of nitrogens with zero attached hydrogens (tertiary/aromatic N) is 2. The topological polar surface area (TPSA) is 76.6 Å². The number of aromatic nitrogens is 1. The number of imide groups is 1. The van der Waals surface area contributed by atoms with Crippen molar-refractivity contribution in [3.8, 4) is 16.9 Å². The first-order valence-corrected chi connectivity index (χ1v) is 9.49. The molecule has 2 heterocycles. The molecule has 1 saturated heterocycles. The van der Waals surface area contributed by atoms with Crippen molar-refractivity contribution in [2.45, 2.75) is 26.3 Å². The average molecular weight is 406 g/mol. The van der Waals surface area contributed by atoms with Crippen LogP contribution in [0.1, 0.15) is 35.8 Å². The van der Waals surface area contributed by atoms with Gasteiger partial charge < -0.3 is 4.74 Å². The van der Waals surface area contributed by atoms with E-state index in [1.54, 1.807) is 36.4 Å². The molecule has 1 fully saturated rings. The molecule has 0 atom stereocenters. The lowest BCUT2D eigenvalue weighted by molar-refractivity contribution is -0.139. The average Bonchev–Trinajstić information content (AvgIpc) is 3.04. The van der Waals surface area contributed by atoms with E-state index in [9.17, 15) is 18.8 Å². The molecule has 0 unspecified atom stereocenters. The summed E-state index contributed by atoms with van der Waals surface area (Å²) >= 11 is 0. The van der Waals surface area contributed by atoms with Crippen LogP contribution in [0.2, 0.25) is 0 Å². The number of hydrogen-bond acceptors (Lipinski definition) is 5. The number of ether oxygens (including phenoxy) is 1. The minimum atomic E-state index is -0.478. The van der Waals surface area contributed by atoms with Gasteiger partial charge in [0.05, 0.1) is 19.2 Å². The number of likely N-dealkylation sites (tertiary alicyclic amines) is 1. The Kier molecular flexibility index (Phi) is 5.03. The van der Waals surface area contributed by atoms with Gasteiger partial charge in [-0.2, -0.15) is 0 Å². The molecule has 7 heteroatoms. The summed E-state index contributed by atoms with van der Waals surface area (Å²) in [4.78, 5) is 41.5. The number of halogens is 1. The minimum absolute atomic E-state index is 0.145. The maximum absolute atomic E-state index is 14.8. The largest absolute Gasteiger partial charge is 0.497 e. The van der Waals surface area contributed by atoms with Gasteiger partial charge in [-0.3, -0.25) is 19.3 Å². The van der Waals surface area contributed by atoms with E-state index in [1.165, 1.54) is 25.0 Å². The van der Waals surface area contributed by atoms with Gasteiger partial charge in [0.1, 0.15) is 17.3 Å². The van der Waals surface area contributed by atoms with E-state index in [1.807, 2.05) is 0 Å². The highest BCUT2D eigenvalue weighted by atomic mass is 19.1. The van der Waals surface area contributed by atoms with Gasteiger partial charge in [0.2, 0.25) is 11.8 Å². The number of Topliss-reactive ketones (excluding diaryl/α,β-unsaturated/α-hetero) is 1. The van der Waals surface area contributed by atoms with Gasteiger partial charge in [0.15, 0.2) is 5.78 Å². The Hall–Kier alpha value is -3.61. The summed E-state index contributed by atoms with van der Waals surface area (Å²) in [6.07, 6.45) is 0.445. The first-order valence-electron chi connectivity index (χ1n) is 9.49. The van der Waals surface area contributed by atoms with Crippen LogP contribution in [0, 0.1) is 5.82 Å². The number of pyridine rings is 1. The lowest BCUT2D eigenvalue weighted by Crippen LogP contribution is -2.28. The number of carbonyl (C=O) groups is 3. The monoisotopic (exact) mass is 406 g/mol. The van der Waals surface area contributed by atoms with Crippen LogP contribution in [0.15, 0.2) is 42.5 Å². The molecule has 3 aromatic rings. The molecule has 0 aliphatic carbocycles. The molecular formula is C23H19FN2O4. The third-order valence-electron chi connectivity index (χ3n) is 5.20. The van der Waals surface area contributed by atoms with Crippen molar-refractivity contribution in [3.63, 3.8) is 0 Å². The summed E-state index contributed by atoms with van der Waals surface area (Å²) in [5.74, 6) is -0.738. The summed E-state index contributed by atoms with van der Waals surface area (Å²) in [6.45, 7) is 1.54. The molecule has 1 aliphatic heterocycles. The van der Waals surface area contributed by atoms with Crippen LogP contribution in [-0.2, 0) is 16.1 Å². The Bertz CT molecular complexity index is 1190. The van der Waals surface area contributed by atoms with Crippen LogP contribution in [-0.4, -0.2) is 34.6 Å². The third kappa shape index (κ3) is 3.54. The maximum atomic E-state index is 14.8. The van der Waals surface area contributed by atoms with E-state index in [0.29, 0.717) is 33.3 Å². The second-order valence-electron chi connectivity index (χ2n) is 7.18. The Morgan fingerprint density at radius 1 is 1.07 bits per heavy atom. The predicted octanol–water partition coefficient (Wildman–Crippen LogP) is 3.90. The SMILES string of the molecule is COc1ccc(-c2cc(C(C)=O)nc3cc(CN4C(=O)CCC4=O)ccc23)c(F)c1. The second-order valence-corrected chi connectivity index (χ2v) is 7.18. The molecule has 2 aromatic carbocycles. The lowest BCUT2D eigenvalue weighted by Gasteiger charge is -2.15. The Labute approximate surface area is 172 Å². The molecule has 0 N–H and O–H groups in total. The van der Waals surface area contributed by atoms with Gasteiger partial charge >= 0.3 is 0 Å². The number of rotatable bonds is 5. The van der Waals surface area contributed by atoms with Gasteiger partial charge in [-0.15, -0.1) is 0 Å². The number of ketones is 1. The first kappa shape index (κ1) is 19.7. The number of hydrogen-bond donors (Lipinski definition) is 0. The van der Waals surface area contributed by atoms with Crippen LogP contribution < -0.4 is 4.74 Å². The maximum Gasteiger partial charge on any atom is 0.229 e. The van der Waals surface area contributed by atoms with Gasteiger partial charge in [0, 0.05) is 36.8 Å². The normalized spacial score (nSPS) is 13.9. The summed E-state index contributed by atoms with van der Waals surface area (Å²) < 4.78 is 19.8. The van der Waals surface area contributed by atoms with Crippen molar-refractivity contribution in [2.24, 2.45) is 0 Å². The molecule has 0 radical (unpaired) electrons. The molecule has 152 valence electrons. The summed E-state index contributed by atoms with van der Waals surface area (Å²) in [5, 5.41) is 0.659. The molecule has 2 amide bonds. The number of amides is 2. The summed E-state index contributed by atoms with van der Waals surface area (Å²) in [6, 6.07) is 11.4. The summed E-state index contributed by atoms with van der Waals surface area (Å²) in [7, 11) is 1.46. The highest BCUT2D eigenvalue weighted by Gasteiger charge is 2.28. The van der Waals surface area contributed by atoms with E-state index >= 15 is 0 Å². The summed E-state index contributed by atoms with van der Waals surface area (Å²) in [5.41, 5.74) is 2.26. The van der Waals surface area contributed by atoms with E-state index < -0.39 is 5.82 Å². The van der Waals surface area contributed by atoms with E-state index in [4.69, 9.17) is 4.74 Å². The Morgan fingerprint density at radius 3 is 2.43 bits per heavy atom. The number of benzene rings is 2. The van der Waals surface area contributed by atoms with Crippen molar-refractivity contribution in [1.29, 1.82) is 0 Å². The van der Waals surface area contributed by atoms with Crippen LogP contribution in [0.25, 0.3) is 22.0 Å². The smallest absolute Gasteiger partial charge is 0.229 e. The van der Waals surface area contributed by atoms with Gasteiger partial charge in [-0.25, -0.2) is 9.37 Å². The van der Waals surface area contributed by atoms with Crippen molar-refractivity contribution >= 4 is 28.5 Å². The second kappa shape index (κ2) is 7.67. The standard InChI is InChI=1S/C23H19FN2O4/c1-13(27)20-11-18(16-6-4-15(30-2)10-19(16)24)17-5-3-14(9-21(17)25-20)12-26-22(28)7-8-23(26)29/h3-6,9-11H,7-8,12H2,1-2H3. The molecule has 1 aromatic heterocycles. The quantitative estimate of drug-likeness (QED) is 0.474. The van der Waals surface area contributed by atoms with Crippen LogP contribution >= 0.6 is 0 Å². The Morgan fingerprint density at radius 2 is 1.80 bits per heavy atom. The first-order chi connectivity index (χ1) is 14.4. The van der Waals surface area contributed by atoms with E-state index in [2.05, 4.69) is 4.98 Å². The van der Waals surface area contributed by atoms with Crippen molar-refractivity contribution in [3.05, 3.63) is 59.5 Å². The molecular weight excluding hydrogens is 387 g/mol. The minimum Gasteiger partial charge on any atom is -0.497 e. The highest BCUT2D eigenvalue weighted by molar-refractivity contribution is 6.03. The van der Waals surface area contributed by atoms with E-state index in [-0.39, 0.29) is 42.7 Å². The Balaban J connectivity index is 1.84. The number of fused-ring (bicyclic) bond motifs is 1. The molecule has 6 nitrogen and oxygen atoms in total. The number of carbonyl (C=O) groups excluding carboxylic acids is 3. The molecule has 4 rings (SSSR count). The predicted molar refractivity (Wildman–Crippen MR) is 108 cm³/mol. The van der Waals surface area contributed by atoms with Crippen LogP contribution in [0.5, 0.6) is 5.75 Å². The molecule has 0 saturated carbocycles. The fourth-order valence-electron chi connectivity index (χ4n) is 3.60. The van der Waals surface area contributed by atoms with E-state index in [0.717, 1.165) is 0 Å². The van der Waals surface area contributed by atoms with Crippen molar-refractivity contribution in [1.82, 2.24) is 9.88 Å². The van der Waals surface area contributed by atoms with Gasteiger partial charge in [0.25, 0.3) is 0 Å². The highest BCUT2D eigenvalue weighted by Crippen LogP contribution is 2.33. The molecule has 0 bridgehead atoms. The molecule has 30 heavy (non-hydrogen) atoms. The zero-order valence-electron chi connectivity index (χ0n) is 16.6. The fourth-order valence-corrected chi connectivity index (χ4v) is 3.60. The number of methoxy groups -OCH3 is 1. The third-order valence-corrected chi connectivity index (χ3v) is 5.20. The van der Waals surface area contributed by atoms with Crippen LogP contribution in [0.3, 0.4) is 0 Å². The van der Waals surface area contributed by atoms with Gasteiger partial charge in [-0.1, -0.05) is 12.1 Å². The van der Waals surface area contributed by atoms with Gasteiger partial charge in [-0.05, 0) is 35.4 Å². The van der Waals surface area contributed by atoms with Crippen molar-refractivity contribution in [2.75, 3.05) is 7.11 Å². The van der Waals surface area contributed by atoms with Crippen molar-refractivity contribution < 1.29 is 23.5 Å².